The summed E-state index contributed by atoms with van der Waals surface area (Å²) in [6, 6.07) is 6.67. The lowest BCUT2D eigenvalue weighted by Gasteiger charge is -2.08. The van der Waals surface area contributed by atoms with Gasteiger partial charge in [-0.1, -0.05) is 23.8 Å². The largest absolute Gasteiger partial charge is 0.316 e. The molecule has 15 heavy (non-hydrogen) atoms. The van der Waals surface area contributed by atoms with Crippen molar-refractivity contribution in [1.82, 2.24) is 5.32 Å². The van der Waals surface area contributed by atoms with Gasteiger partial charge in [-0.15, -0.1) is 0 Å². The molecule has 1 nitrogen and oxygen atoms in total. The fourth-order valence-corrected chi connectivity index (χ4v) is 1.78. The van der Waals surface area contributed by atoms with Crippen LogP contribution in [0.1, 0.15) is 23.1 Å². The standard InChI is InChI=1S/C13H21NS/c1-11-4-5-12(2)13(10-11)6-8-14-7-3-9-15/h4-5,10,14-15H,3,6-9H2,1-2H3. The van der Waals surface area contributed by atoms with Crippen LogP contribution in [0.25, 0.3) is 0 Å². The Morgan fingerprint density at radius 2 is 2.00 bits per heavy atom. The summed E-state index contributed by atoms with van der Waals surface area (Å²) in [5.74, 6) is 0.969. The van der Waals surface area contributed by atoms with Crippen molar-refractivity contribution in [3.8, 4) is 0 Å². The Balaban J connectivity index is 2.33. The molecule has 0 spiro atoms. The van der Waals surface area contributed by atoms with Gasteiger partial charge in [-0.2, -0.15) is 12.6 Å². The molecule has 0 bridgehead atoms. The van der Waals surface area contributed by atoms with Crippen molar-refractivity contribution < 1.29 is 0 Å². The molecule has 1 N–H and O–H groups in total. The molecule has 0 amide bonds. The van der Waals surface area contributed by atoms with Gasteiger partial charge >= 0.3 is 0 Å². The van der Waals surface area contributed by atoms with Crippen molar-refractivity contribution in [1.29, 1.82) is 0 Å². The van der Waals surface area contributed by atoms with Crippen LogP contribution in [0.5, 0.6) is 0 Å². The second-order valence-corrected chi connectivity index (χ2v) is 4.45. The third kappa shape index (κ3) is 4.72. The second kappa shape index (κ2) is 6.91. The smallest absolute Gasteiger partial charge is 0.000824 e. The summed E-state index contributed by atoms with van der Waals surface area (Å²) >= 11 is 4.18. The number of nitrogens with one attached hydrogen (secondary N) is 1. The van der Waals surface area contributed by atoms with Gasteiger partial charge in [0, 0.05) is 0 Å². The van der Waals surface area contributed by atoms with Crippen LogP contribution < -0.4 is 5.32 Å². The molecule has 1 aromatic carbocycles. The van der Waals surface area contributed by atoms with Gasteiger partial charge in [0.05, 0.1) is 0 Å². The maximum absolute atomic E-state index is 4.18. The summed E-state index contributed by atoms with van der Waals surface area (Å²) in [4.78, 5) is 0. The Morgan fingerprint density at radius 1 is 1.20 bits per heavy atom. The van der Waals surface area contributed by atoms with E-state index in [1.165, 1.54) is 16.7 Å². The molecule has 0 radical (unpaired) electrons. The molecule has 0 aromatic heterocycles. The zero-order valence-electron chi connectivity index (χ0n) is 9.71. The molecule has 0 unspecified atom stereocenters. The van der Waals surface area contributed by atoms with E-state index in [1.54, 1.807) is 0 Å². The van der Waals surface area contributed by atoms with Gasteiger partial charge in [0.15, 0.2) is 0 Å². The van der Waals surface area contributed by atoms with Gasteiger partial charge in [0.1, 0.15) is 0 Å². The zero-order valence-corrected chi connectivity index (χ0v) is 10.6. The normalized spacial score (nSPS) is 10.6. The SMILES string of the molecule is Cc1ccc(C)c(CCNCCCS)c1. The average molecular weight is 223 g/mol. The Bertz CT molecular complexity index is 297. The van der Waals surface area contributed by atoms with E-state index in [4.69, 9.17) is 0 Å². The van der Waals surface area contributed by atoms with Crippen molar-refractivity contribution in [2.24, 2.45) is 0 Å². The predicted molar refractivity (Wildman–Crippen MR) is 71.0 cm³/mol. The topological polar surface area (TPSA) is 12.0 Å². The van der Waals surface area contributed by atoms with Gasteiger partial charge in [-0.05, 0) is 56.7 Å². The van der Waals surface area contributed by atoms with E-state index in [-0.39, 0.29) is 0 Å². The third-order valence-electron chi connectivity index (χ3n) is 2.59. The third-order valence-corrected chi connectivity index (χ3v) is 2.90. The lowest BCUT2D eigenvalue weighted by Crippen LogP contribution is -2.19. The van der Waals surface area contributed by atoms with E-state index in [0.717, 1.165) is 31.7 Å². The molecule has 2 heteroatoms. The van der Waals surface area contributed by atoms with E-state index in [1.807, 2.05) is 0 Å². The van der Waals surface area contributed by atoms with Gasteiger partial charge in [0.25, 0.3) is 0 Å². The van der Waals surface area contributed by atoms with Crippen LogP contribution in [-0.4, -0.2) is 18.8 Å². The van der Waals surface area contributed by atoms with Crippen LogP contribution in [-0.2, 0) is 6.42 Å². The maximum atomic E-state index is 4.18. The maximum Gasteiger partial charge on any atom is -0.000824 e. The Morgan fingerprint density at radius 3 is 2.73 bits per heavy atom. The number of rotatable bonds is 6. The number of hydrogen-bond donors (Lipinski definition) is 2. The summed E-state index contributed by atoms with van der Waals surface area (Å²) in [6.45, 7) is 6.48. The van der Waals surface area contributed by atoms with Crippen LogP contribution in [0.3, 0.4) is 0 Å². The number of benzene rings is 1. The lowest BCUT2D eigenvalue weighted by molar-refractivity contribution is 0.673. The van der Waals surface area contributed by atoms with Crippen molar-refractivity contribution in [2.45, 2.75) is 26.7 Å². The molecular formula is C13H21NS. The van der Waals surface area contributed by atoms with E-state index in [0.29, 0.717) is 0 Å². The Labute approximate surface area is 98.7 Å². The number of hydrogen-bond acceptors (Lipinski definition) is 2. The molecule has 0 saturated carbocycles. The summed E-state index contributed by atoms with van der Waals surface area (Å²) in [5.41, 5.74) is 4.22. The molecule has 0 atom stereocenters. The molecule has 1 rings (SSSR count). The first-order chi connectivity index (χ1) is 7.24. The van der Waals surface area contributed by atoms with E-state index >= 15 is 0 Å². The quantitative estimate of drug-likeness (QED) is 0.558. The highest BCUT2D eigenvalue weighted by Gasteiger charge is 1.98. The fourth-order valence-electron chi connectivity index (χ4n) is 1.62. The van der Waals surface area contributed by atoms with Crippen LogP contribution >= 0.6 is 12.6 Å². The van der Waals surface area contributed by atoms with Crippen LogP contribution in [0.15, 0.2) is 18.2 Å². The molecule has 0 heterocycles. The van der Waals surface area contributed by atoms with Crippen LogP contribution in [0, 0.1) is 13.8 Å². The van der Waals surface area contributed by atoms with E-state index in [2.05, 4.69) is 50.0 Å². The Kier molecular flexibility index (Phi) is 5.81. The second-order valence-electron chi connectivity index (χ2n) is 4.01. The summed E-state index contributed by atoms with van der Waals surface area (Å²) in [7, 11) is 0. The van der Waals surface area contributed by atoms with Gasteiger partial charge in [-0.25, -0.2) is 0 Å². The molecular weight excluding hydrogens is 202 g/mol. The molecule has 0 aliphatic carbocycles. The molecule has 84 valence electrons. The first kappa shape index (κ1) is 12.6. The zero-order chi connectivity index (χ0) is 11.1. The predicted octanol–water partition coefficient (Wildman–Crippen LogP) is 2.76. The van der Waals surface area contributed by atoms with E-state index < -0.39 is 0 Å². The van der Waals surface area contributed by atoms with Crippen LogP contribution in [0.4, 0.5) is 0 Å². The first-order valence-electron chi connectivity index (χ1n) is 5.61. The highest BCUT2D eigenvalue weighted by Crippen LogP contribution is 2.10. The summed E-state index contributed by atoms with van der Waals surface area (Å²) < 4.78 is 0. The average Bonchev–Trinajstić information content (AvgIpc) is 2.23. The van der Waals surface area contributed by atoms with Crippen LogP contribution in [0.2, 0.25) is 0 Å². The lowest BCUT2D eigenvalue weighted by atomic mass is 10.0. The Hall–Kier alpha value is -0.470. The minimum atomic E-state index is 0.969. The highest BCUT2D eigenvalue weighted by atomic mass is 32.1. The molecule has 0 saturated heterocycles. The summed E-state index contributed by atoms with van der Waals surface area (Å²) in [5, 5.41) is 3.43. The van der Waals surface area contributed by atoms with Gasteiger partial charge in [-0.3, -0.25) is 0 Å². The van der Waals surface area contributed by atoms with Gasteiger partial charge in [0.2, 0.25) is 0 Å². The number of thiol groups is 1. The number of aryl methyl sites for hydroxylation is 2. The van der Waals surface area contributed by atoms with Crippen molar-refractivity contribution >= 4 is 12.6 Å². The van der Waals surface area contributed by atoms with Crippen molar-refractivity contribution in [2.75, 3.05) is 18.8 Å². The minimum Gasteiger partial charge on any atom is -0.316 e. The molecule has 1 aromatic rings. The van der Waals surface area contributed by atoms with E-state index in [9.17, 15) is 0 Å². The molecule has 0 fully saturated rings. The monoisotopic (exact) mass is 223 g/mol. The summed E-state index contributed by atoms with van der Waals surface area (Å²) in [6.07, 6.45) is 2.27. The van der Waals surface area contributed by atoms with Crippen molar-refractivity contribution in [3.63, 3.8) is 0 Å². The first-order valence-corrected chi connectivity index (χ1v) is 6.25. The molecule has 0 aliphatic heterocycles. The van der Waals surface area contributed by atoms with Crippen molar-refractivity contribution in [3.05, 3.63) is 34.9 Å². The minimum absolute atomic E-state index is 0.969. The molecule has 0 aliphatic rings. The highest BCUT2D eigenvalue weighted by molar-refractivity contribution is 7.80. The van der Waals surface area contributed by atoms with Gasteiger partial charge < -0.3 is 5.32 Å². The fraction of sp³-hybridized carbons (Fsp3) is 0.538.